The zero-order chi connectivity index (χ0) is 10.1. The first-order chi connectivity index (χ1) is 6.72. The Balaban J connectivity index is 2.62. The Morgan fingerprint density at radius 2 is 2.29 bits per heavy atom. The molecule has 0 atom stereocenters. The van der Waals surface area contributed by atoms with Gasteiger partial charge in [0.05, 0.1) is 17.6 Å². The fourth-order valence-electron chi connectivity index (χ4n) is 1.53. The van der Waals surface area contributed by atoms with Crippen LogP contribution < -0.4 is 5.32 Å². The molecule has 4 heteroatoms. The lowest BCUT2D eigenvalue weighted by atomic mass is 10.3. The molecule has 0 aliphatic rings. The molecular formula is C10H12BrN3. The van der Waals surface area contributed by atoms with Gasteiger partial charge in [-0.1, -0.05) is 15.9 Å². The molecule has 0 aliphatic heterocycles. The summed E-state index contributed by atoms with van der Waals surface area (Å²) in [6, 6.07) is 6.12. The third-order valence-electron chi connectivity index (χ3n) is 2.27. The van der Waals surface area contributed by atoms with E-state index in [1.54, 1.807) is 0 Å². The van der Waals surface area contributed by atoms with Gasteiger partial charge in [0.1, 0.15) is 5.82 Å². The van der Waals surface area contributed by atoms with Gasteiger partial charge in [-0.2, -0.15) is 0 Å². The monoisotopic (exact) mass is 253 g/mol. The maximum atomic E-state index is 4.52. The standard InChI is InChI=1S/C10H12BrN3/c1-12-6-10-13-8-4-3-7(11)5-9(8)14(10)2/h3-5,12H,6H2,1-2H3. The van der Waals surface area contributed by atoms with Crippen molar-refractivity contribution in [3.8, 4) is 0 Å². The van der Waals surface area contributed by atoms with Crippen LogP contribution in [0.3, 0.4) is 0 Å². The Bertz CT molecular complexity index is 462. The van der Waals surface area contributed by atoms with Crippen molar-refractivity contribution >= 4 is 27.0 Å². The molecule has 1 aromatic heterocycles. The summed E-state index contributed by atoms with van der Waals surface area (Å²) >= 11 is 3.46. The van der Waals surface area contributed by atoms with Gasteiger partial charge >= 0.3 is 0 Å². The van der Waals surface area contributed by atoms with E-state index in [0.717, 1.165) is 27.9 Å². The smallest absolute Gasteiger partial charge is 0.123 e. The fourth-order valence-corrected chi connectivity index (χ4v) is 1.88. The van der Waals surface area contributed by atoms with E-state index in [1.165, 1.54) is 0 Å². The van der Waals surface area contributed by atoms with Crippen molar-refractivity contribution in [2.75, 3.05) is 7.05 Å². The number of halogens is 1. The molecule has 0 bridgehead atoms. The van der Waals surface area contributed by atoms with Gasteiger partial charge < -0.3 is 9.88 Å². The normalized spacial score (nSPS) is 11.1. The van der Waals surface area contributed by atoms with E-state index in [1.807, 2.05) is 26.2 Å². The van der Waals surface area contributed by atoms with Crippen LogP contribution in [0.4, 0.5) is 0 Å². The molecule has 14 heavy (non-hydrogen) atoms. The van der Waals surface area contributed by atoms with E-state index in [-0.39, 0.29) is 0 Å². The van der Waals surface area contributed by atoms with Crippen molar-refractivity contribution in [2.24, 2.45) is 7.05 Å². The summed E-state index contributed by atoms with van der Waals surface area (Å²) in [5.41, 5.74) is 2.20. The predicted octanol–water partition coefficient (Wildman–Crippen LogP) is 2.06. The van der Waals surface area contributed by atoms with E-state index >= 15 is 0 Å². The maximum absolute atomic E-state index is 4.52. The molecule has 0 amide bonds. The first-order valence-corrected chi connectivity index (χ1v) is 5.27. The summed E-state index contributed by atoms with van der Waals surface area (Å²) in [4.78, 5) is 4.52. The summed E-state index contributed by atoms with van der Waals surface area (Å²) in [5, 5.41) is 3.11. The lowest BCUT2D eigenvalue weighted by Gasteiger charge is -2.00. The maximum Gasteiger partial charge on any atom is 0.123 e. The van der Waals surface area contributed by atoms with Crippen LogP contribution in [0.1, 0.15) is 5.82 Å². The molecule has 0 spiro atoms. The molecule has 2 rings (SSSR count). The molecule has 0 saturated heterocycles. The van der Waals surface area contributed by atoms with Gasteiger partial charge in [0, 0.05) is 11.5 Å². The number of imidazole rings is 1. The second kappa shape index (κ2) is 3.71. The number of aromatic nitrogens is 2. The molecule has 1 aromatic carbocycles. The minimum absolute atomic E-state index is 0.794. The van der Waals surface area contributed by atoms with Gasteiger partial charge in [0.15, 0.2) is 0 Å². The van der Waals surface area contributed by atoms with Crippen LogP contribution in [0.25, 0.3) is 11.0 Å². The topological polar surface area (TPSA) is 29.9 Å². The first-order valence-electron chi connectivity index (χ1n) is 4.48. The third-order valence-corrected chi connectivity index (χ3v) is 2.76. The largest absolute Gasteiger partial charge is 0.330 e. The Morgan fingerprint density at radius 1 is 1.50 bits per heavy atom. The lowest BCUT2D eigenvalue weighted by molar-refractivity contribution is 0.719. The SMILES string of the molecule is CNCc1nc2ccc(Br)cc2n1C. The van der Waals surface area contributed by atoms with E-state index in [2.05, 4.69) is 36.9 Å². The molecule has 3 nitrogen and oxygen atoms in total. The van der Waals surface area contributed by atoms with Crippen molar-refractivity contribution in [3.63, 3.8) is 0 Å². The lowest BCUT2D eigenvalue weighted by Crippen LogP contribution is -2.10. The van der Waals surface area contributed by atoms with Gasteiger partial charge in [-0.05, 0) is 25.2 Å². The Morgan fingerprint density at radius 3 is 3.00 bits per heavy atom. The minimum atomic E-state index is 0.794. The average molecular weight is 254 g/mol. The molecule has 1 heterocycles. The highest BCUT2D eigenvalue weighted by Gasteiger charge is 2.06. The molecule has 0 radical (unpaired) electrons. The number of benzene rings is 1. The fraction of sp³-hybridized carbons (Fsp3) is 0.300. The van der Waals surface area contributed by atoms with Gasteiger partial charge in [0.2, 0.25) is 0 Å². The zero-order valence-corrected chi connectivity index (χ0v) is 9.80. The van der Waals surface area contributed by atoms with Crippen LogP contribution in [0.15, 0.2) is 22.7 Å². The highest BCUT2D eigenvalue weighted by Crippen LogP contribution is 2.19. The minimum Gasteiger partial charge on any atom is -0.330 e. The Kier molecular flexibility index (Phi) is 2.56. The molecule has 0 aliphatic carbocycles. The predicted molar refractivity (Wildman–Crippen MR) is 61.2 cm³/mol. The average Bonchev–Trinajstić information content (AvgIpc) is 2.46. The number of hydrogen-bond donors (Lipinski definition) is 1. The summed E-state index contributed by atoms with van der Waals surface area (Å²) in [5.74, 6) is 1.06. The van der Waals surface area contributed by atoms with Crippen molar-refractivity contribution in [2.45, 2.75) is 6.54 Å². The Labute approximate surface area is 91.3 Å². The third kappa shape index (κ3) is 1.55. The molecular weight excluding hydrogens is 242 g/mol. The van der Waals surface area contributed by atoms with Crippen LogP contribution in [0, 0.1) is 0 Å². The molecule has 1 N–H and O–H groups in total. The van der Waals surface area contributed by atoms with Gasteiger partial charge in [0.25, 0.3) is 0 Å². The highest BCUT2D eigenvalue weighted by molar-refractivity contribution is 9.10. The number of nitrogens with one attached hydrogen (secondary N) is 1. The molecule has 0 unspecified atom stereocenters. The zero-order valence-electron chi connectivity index (χ0n) is 8.21. The van der Waals surface area contributed by atoms with Crippen LogP contribution in [0.5, 0.6) is 0 Å². The van der Waals surface area contributed by atoms with Gasteiger partial charge in [-0.3, -0.25) is 0 Å². The van der Waals surface area contributed by atoms with Crippen LogP contribution in [-0.2, 0) is 13.6 Å². The number of rotatable bonds is 2. The second-order valence-electron chi connectivity index (χ2n) is 3.25. The Hall–Kier alpha value is -0.870. The quantitative estimate of drug-likeness (QED) is 0.888. The van der Waals surface area contributed by atoms with Crippen LogP contribution in [-0.4, -0.2) is 16.6 Å². The number of aryl methyl sites for hydroxylation is 1. The van der Waals surface area contributed by atoms with Crippen LogP contribution >= 0.6 is 15.9 Å². The molecule has 2 aromatic rings. The number of nitrogens with zero attached hydrogens (tertiary/aromatic N) is 2. The van der Waals surface area contributed by atoms with Crippen LogP contribution in [0.2, 0.25) is 0 Å². The van der Waals surface area contributed by atoms with Crippen molar-refractivity contribution in [3.05, 3.63) is 28.5 Å². The second-order valence-corrected chi connectivity index (χ2v) is 4.17. The molecule has 0 saturated carbocycles. The number of fused-ring (bicyclic) bond motifs is 1. The first kappa shape index (κ1) is 9.68. The number of hydrogen-bond acceptors (Lipinski definition) is 2. The van der Waals surface area contributed by atoms with E-state index < -0.39 is 0 Å². The van der Waals surface area contributed by atoms with E-state index in [0.29, 0.717) is 0 Å². The summed E-state index contributed by atoms with van der Waals surface area (Å²) in [6.07, 6.45) is 0. The summed E-state index contributed by atoms with van der Waals surface area (Å²) in [7, 11) is 3.96. The van der Waals surface area contributed by atoms with Gasteiger partial charge in [-0.15, -0.1) is 0 Å². The summed E-state index contributed by atoms with van der Waals surface area (Å²) < 4.78 is 3.19. The van der Waals surface area contributed by atoms with Crippen molar-refractivity contribution in [1.82, 2.24) is 14.9 Å². The van der Waals surface area contributed by atoms with Crippen molar-refractivity contribution in [1.29, 1.82) is 0 Å². The van der Waals surface area contributed by atoms with E-state index in [4.69, 9.17) is 0 Å². The van der Waals surface area contributed by atoms with Gasteiger partial charge in [-0.25, -0.2) is 4.98 Å². The molecule has 74 valence electrons. The molecule has 0 fully saturated rings. The van der Waals surface area contributed by atoms with E-state index in [9.17, 15) is 0 Å². The summed E-state index contributed by atoms with van der Waals surface area (Å²) in [6.45, 7) is 0.794. The van der Waals surface area contributed by atoms with Crippen molar-refractivity contribution < 1.29 is 0 Å². The highest BCUT2D eigenvalue weighted by atomic mass is 79.9.